The number of nitrogens with one attached hydrogen (secondary N) is 2. The van der Waals surface area contributed by atoms with E-state index in [1.807, 2.05) is 0 Å². The number of anilines is 1. The summed E-state index contributed by atoms with van der Waals surface area (Å²) in [4.78, 5) is 35.8. The third-order valence-electron chi connectivity index (χ3n) is 3.70. The molecule has 1 heterocycles. The summed E-state index contributed by atoms with van der Waals surface area (Å²) in [6.07, 6.45) is 0.339. The summed E-state index contributed by atoms with van der Waals surface area (Å²) in [5, 5.41) is 2.54. The maximum atomic E-state index is 12.2. The topological polar surface area (TPSA) is 124 Å². The molecular formula is C19H23N3O6S. The second-order valence-electron chi connectivity index (χ2n) is 6.59. The van der Waals surface area contributed by atoms with E-state index in [1.165, 1.54) is 43.5 Å². The normalized spacial score (nSPS) is 12.4. The number of esters is 1. The van der Waals surface area contributed by atoms with Crippen molar-refractivity contribution in [1.29, 1.82) is 0 Å². The average Bonchev–Trinajstić information content (AvgIpc) is 2.63. The van der Waals surface area contributed by atoms with Crippen LogP contribution in [0.3, 0.4) is 0 Å². The van der Waals surface area contributed by atoms with Crippen LogP contribution in [0.4, 0.5) is 5.69 Å². The Labute approximate surface area is 168 Å². The van der Waals surface area contributed by atoms with Crippen LogP contribution >= 0.6 is 0 Å². The molecule has 9 nitrogen and oxygen atoms in total. The van der Waals surface area contributed by atoms with Crippen LogP contribution in [0.25, 0.3) is 0 Å². The minimum atomic E-state index is -3.63. The van der Waals surface area contributed by atoms with Gasteiger partial charge in [0.15, 0.2) is 6.10 Å². The first kappa shape index (κ1) is 22.3. The fourth-order valence-electron chi connectivity index (χ4n) is 2.36. The standard InChI is InChI=1S/C19H23N3O6S/c1-13(2)21-29(26,27)16-9-7-15(8-10-16)20-19(25)14(3)28-18(24)12-22-11-5-4-6-17(22)23/h4-11,13-14,21H,12H2,1-3H3,(H,20,25)/t14-/m1/s1. The van der Waals surface area contributed by atoms with E-state index in [-0.39, 0.29) is 23.0 Å². The lowest BCUT2D eigenvalue weighted by Gasteiger charge is -2.14. The van der Waals surface area contributed by atoms with E-state index in [2.05, 4.69) is 10.0 Å². The molecule has 0 aliphatic rings. The van der Waals surface area contributed by atoms with Gasteiger partial charge in [-0.1, -0.05) is 6.07 Å². The summed E-state index contributed by atoms with van der Waals surface area (Å²) >= 11 is 0. The van der Waals surface area contributed by atoms with Crippen LogP contribution in [0.5, 0.6) is 0 Å². The van der Waals surface area contributed by atoms with Crippen molar-refractivity contribution in [1.82, 2.24) is 9.29 Å². The molecule has 2 N–H and O–H groups in total. The van der Waals surface area contributed by atoms with Gasteiger partial charge in [0.1, 0.15) is 6.54 Å². The van der Waals surface area contributed by atoms with Crippen molar-refractivity contribution >= 4 is 27.6 Å². The minimum Gasteiger partial charge on any atom is -0.451 e. The van der Waals surface area contributed by atoms with E-state index >= 15 is 0 Å². The van der Waals surface area contributed by atoms with Gasteiger partial charge in [0.05, 0.1) is 4.90 Å². The second kappa shape index (κ2) is 9.48. The summed E-state index contributed by atoms with van der Waals surface area (Å²) in [6, 6.07) is 9.81. The molecule has 1 aromatic heterocycles. The van der Waals surface area contributed by atoms with Crippen molar-refractivity contribution in [2.75, 3.05) is 5.32 Å². The van der Waals surface area contributed by atoms with Crippen LogP contribution in [-0.4, -0.2) is 37.0 Å². The lowest BCUT2D eigenvalue weighted by atomic mass is 10.3. The number of rotatable bonds is 8. The smallest absolute Gasteiger partial charge is 0.326 e. The van der Waals surface area contributed by atoms with Gasteiger partial charge in [0.2, 0.25) is 10.0 Å². The Morgan fingerprint density at radius 2 is 1.72 bits per heavy atom. The summed E-state index contributed by atoms with van der Waals surface area (Å²) in [5.74, 6) is -1.32. The molecule has 1 aromatic carbocycles. The van der Waals surface area contributed by atoms with E-state index in [1.54, 1.807) is 26.0 Å². The number of nitrogens with zero attached hydrogens (tertiary/aromatic N) is 1. The first-order valence-electron chi connectivity index (χ1n) is 8.86. The van der Waals surface area contributed by atoms with Gasteiger partial charge < -0.3 is 14.6 Å². The lowest BCUT2D eigenvalue weighted by molar-refractivity contribution is -0.153. The molecule has 29 heavy (non-hydrogen) atoms. The molecule has 0 spiro atoms. The summed E-state index contributed by atoms with van der Waals surface area (Å²) < 4.78 is 32.9. The van der Waals surface area contributed by atoms with Gasteiger partial charge >= 0.3 is 5.97 Å². The summed E-state index contributed by atoms with van der Waals surface area (Å²) in [7, 11) is -3.63. The van der Waals surface area contributed by atoms with E-state index in [4.69, 9.17) is 4.74 Å². The van der Waals surface area contributed by atoms with Crippen molar-refractivity contribution in [2.45, 2.75) is 44.4 Å². The monoisotopic (exact) mass is 421 g/mol. The van der Waals surface area contributed by atoms with Gasteiger partial charge in [-0.15, -0.1) is 0 Å². The maximum Gasteiger partial charge on any atom is 0.326 e. The predicted octanol–water partition coefficient (Wildman–Crippen LogP) is 1.11. The van der Waals surface area contributed by atoms with Gasteiger partial charge in [0, 0.05) is 24.0 Å². The molecule has 1 atom stereocenters. The minimum absolute atomic E-state index is 0.0666. The number of hydrogen-bond acceptors (Lipinski definition) is 6. The van der Waals surface area contributed by atoms with Crippen molar-refractivity contribution < 1.29 is 22.7 Å². The van der Waals surface area contributed by atoms with Crippen LogP contribution in [0, 0.1) is 0 Å². The zero-order chi connectivity index (χ0) is 21.6. The van der Waals surface area contributed by atoms with Crippen LogP contribution < -0.4 is 15.6 Å². The summed E-state index contributed by atoms with van der Waals surface area (Å²) in [6.45, 7) is 4.51. The Balaban J connectivity index is 1.94. The number of ether oxygens (including phenoxy) is 1. The van der Waals surface area contributed by atoms with Crippen LogP contribution in [0.1, 0.15) is 20.8 Å². The molecule has 2 aromatic rings. The third-order valence-corrected chi connectivity index (χ3v) is 5.37. The Morgan fingerprint density at radius 1 is 1.07 bits per heavy atom. The fourth-order valence-corrected chi connectivity index (χ4v) is 3.61. The molecule has 10 heteroatoms. The highest BCUT2D eigenvalue weighted by atomic mass is 32.2. The SMILES string of the molecule is CC(C)NS(=O)(=O)c1ccc(NC(=O)[C@@H](C)OC(=O)Cn2ccccc2=O)cc1. The third kappa shape index (κ3) is 6.54. The van der Waals surface area contributed by atoms with Crippen LogP contribution in [0.2, 0.25) is 0 Å². The highest BCUT2D eigenvalue weighted by Gasteiger charge is 2.19. The molecule has 0 saturated carbocycles. The van der Waals surface area contributed by atoms with E-state index < -0.39 is 28.0 Å². The Bertz CT molecular complexity index is 1030. The van der Waals surface area contributed by atoms with Gasteiger partial charge in [-0.25, -0.2) is 13.1 Å². The molecule has 0 bridgehead atoms. The molecule has 0 aliphatic heterocycles. The Kier molecular flexibility index (Phi) is 7.29. The van der Waals surface area contributed by atoms with Gasteiger partial charge in [-0.3, -0.25) is 14.4 Å². The van der Waals surface area contributed by atoms with Crippen molar-refractivity contribution in [3.05, 3.63) is 59.0 Å². The summed E-state index contributed by atoms with van der Waals surface area (Å²) in [5.41, 5.74) is -0.00997. The first-order chi connectivity index (χ1) is 13.6. The number of carbonyl (C=O) groups excluding carboxylic acids is 2. The van der Waals surface area contributed by atoms with Gasteiger partial charge in [0.25, 0.3) is 11.5 Å². The average molecular weight is 421 g/mol. The number of aromatic nitrogens is 1. The molecule has 0 radical (unpaired) electrons. The predicted molar refractivity (Wildman–Crippen MR) is 107 cm³/mol. The van der Waals surface area contributed by atoms with Crippen molar-refractivity contribution in [3.63, 3.8) is 0 Å². The Morgan fingerprint density at radius 3 is 2.31 bits per heavy atom. The molecule has 156 valence electrons. The largest absolute Gasteiger partial charge is 0.451 e. The number of benzene rings is 1. The van der Waals surface area contributed by atoms with E-state index in [0.717, 1.165) is 4.57 Å². The molecule has 1 amide bonds. The first-order valence-corrected chi connectivity index (χ1v) is 10.3. The molecule has 2 rings (SSSR count). The molecular weight excluding hydrogens is 398 g/mol. The number of hydrogen-bond donors (Lipinski definition) is 2. The van der Waals surface area contributed by atoms with E-state index in [9.17, 15) is 22.8 Å². The quantitative estimate of drug-likeness (QED) is 0.616. The molecule has 0 saturated heterocycles. The zero-order valence-corrected chi connectivity index (χ0v) is 17.1. The van der Waals surface area contributed by atoms with Gasteiger partial charge in [-0.05, 0) is 51.1 Å². The fraction of sp³-hybridized carbons (Fsp3) is 0.316. The lowest BCUT2D eigenvalue weighted by Crippen LogP contribution is -2.32. The molecule has 0 aliphatic carbocycles. The van der Waals surface area contributed by atoms with Crippen LogP contribution in [0.15, 0.2) is 58.4 Å². The number of sulfonamides is 1. The molecule has 0 fully saturated rings. The van der Waals surface area contributed by atoms with E-state index in [0.29, 0.717) is 5.69 Å². The maximum absolute atomic E-state index is 12.2. The van der Waals surface area contributed by atoms with Crippen molar-refractivity contribution in [2.24, 2.45) is 0 Å². The number of amides is 1. The van der Waals surface area contributed by atoms with Crippen LogP contribution in [-0.2, 0) is 30.9 Å². The second-order valence-corrected chi connectivity index (χ2v) is 8.30. The number of carbonyl (C=O) groups is 2. The zero-order valence-electron chi connectivity index (χ0n) is 16.3. The Hall–Kier alpha value is -2.98. The molecule has 0 unspecified atom stereocenters. The number of pyridine rings is 1. The highest BCUT2D eigenvalue weighted by molar-refractivity contribution is 7.89. The van der Waals surface area contributed by atoms with Crippen molar-refractivity contribution in [3.8, 4) is 0 Å². The van der Waals surface area contributed by atoms with Gasteiger partial charge in [-0.2, -0.15) is 0 Å². The highest BCUT2D eigenvalue weighted by Crippen LogP contribution is 2.15.